The van der Waals surface area contributed by atoms with Crippen LogP contribution in [0.15, 0.2) is 24.9 Å². The van der Waals surface area contributed by atoms with Crippen LogP contribution in [-0.4, -0.2) is 17.4 Å². The second-order valence-electron chi connectivity index (χ2n) is 3.66. The fourth-order valence-corrected chi connectivity index (χ4v) is 2.11. The highest BCUT2D eigenvalue weighted by Gasteiger charge is 2.29. The van der Waals surface area contributed by atoms with E-state index in [2.05, 4.69) is 34.2 Å². The van der Waals surface area contributed by atoms with Crippen molar-refractivity contribution in [3.63, 3.8) is 0 Å². The Morgan fingerprint density at radius 3 is 3.00 bits per heavy atom. The first-order valence-corrected chi connectivity index (χ1v) is 6.31. The van der Waals surface area contributed by atoms with Gasteiger partial charge in [-0.3, -0.25) is 9.69 Å². The molecule has 1 aliphatic heterocycles. The number of carbonyl (C=O) groups is 1. The highest BCUT2D eigenvalue weighted by molar-refractivity contribution is 14.1. The van der Waals surface area contributed by atoms with Crippen LogP contribution in [0.3, 0.4) is 0 Å². The van der Waals surface area contributed by atoms with Gasteiger partial charge in [0.05, 0.1) is 8.59 Å². The number of aromatic nitrogens is 1. The highest BCUT2D eigenvalue weighted by Crippen LogP contribution is 2.27. The monoisotopic (exact) mass is 348 g/mol. The Labute approximate surface area is 113 Å². The first-order chi connectivity index (χ1) is 7.61. The molecule has 1 aliphatic rings. The number of anilines is 1. The van der Waals surface area contributed by atoms with E-state index in [-0.39, 0.29) is 11.8 Å². The van der Waals surface area contributed by atoms with Gasteiger partial charge in [0.1, 0.15) is 5.82 Å². The molecule has 0 N–H and O–H groups in total. The Kier molecular flexibility index (Phi) is 3.49. The molecule has 0 bridgehead atoms. The van der Waals surface area contributed by atoms with Crippen molar-refractivity contribution in [2.24, 2.45) is 5.92 Å². The summed E-state index contributed by atoms with van der Waals surface area (Å²) >= 11 is 8.11. The van der Waals surface area contributed by atoms with Gasteiger partial charge in [-0.05, 0) is 22.6 Å². The maximum Gasteiger partial charge on any atom is 0.228 e. The van der Waals surface area contributed by atoms with Crippen LogP contribution in [0.5, 0.6) is 0 Å². The summed E-state index contributed by atoms with van der Waals surface area (Å²) in [4.78, 5) is 17.6. The maximum atomic E-state index is 11.7. The van der Waals surface area contributed by atoms with E-state index < -0.39 is 0 Å². The first kappa shape index (κ1) is 11.9. The third kappa shape index (κ3) is 2.22. The quantitative estimate of drug-likeness (QED) is 0.608. The van der Waals surface area contributed by atoms with Gasteiger partial charge in [0.2, 0.25) is 5.91 Å². The summed E-state index contributed by atoms with van der Waals surface area (Å²) in [5.74, 6) is 0.918. The number of hydrogen-bond acceptors (Lipinski definition) is 2. The molecule has 16 heavy (non-hydrogen) atoms. The van der Waals surface area contributed by atoms with Crippen molar-refractivity contribution in [3.05, 3.63) is 33.5 Å². The number of halogens is 2. The van der Waals surface area contributed by atoms with E-state index in [1.54, 1.807) is 17.2 Å². The number of hydrogen-bond donors (Lipinski definition) is 0. The summed E-state index contributed by atoms with van der Waals surface area (Å²) in [7, 11) is 0. The van der Waals surface area contributed by atoms with Gasteiger partial charge in [0, 0.05) is 31.1 Å². The lowest BCUT2D eigenvalue weighted by molar-refractivity contribution is -0.117. The van der Waals surface area contributed by atoms with Crippen molar-refractivity contribution in [2.75, 3.05) is 11.4 Å². The maximum absolute atomic E-state index is 11.7. The predicted octanol–water partition coefficient (Wildman–Crippen LogP) is 2.88. The fraction of sp³-hybridized carbons (Fsp3) is 0.273. The predicted molar refractivity (Wildman–Crippen MR) is 72.6 cm³/mol. The van der Waals surface area contributed by atoms with E-state index >= 15 is 0 Å². The number of rotatable bonds is 2. The minimum Gasteiger partial charge on any atom is -0.296 e. The van der Waals surface area contributed by atoms with Crippen molar-refractivity contribution in [3.8, 4) is 0 Å². The van der Waals surface area contributed by atoms with Crippen LogP contribution >= 0.6 is 34.2 Å². The molecule has 1 atom stereocenters. The lowest BCUT2D eigenvalue weighted by atomic mass is 10.1. The van der Waals surface area contributed by atoms with Crippen LogP contribution in [0.2, 0.25) is 5.02 Å². The van der Waals surface area contributed by atoms with Gasteiger partial charge in [0.25, 0.3) is 0 Å². The molecule has 0 aliphatic carbocycles. The standard InChI is InChI=1S/C11H10ClIN2O/c1-2-7-3-11(16)15(6-7)10-4-8(12)9(13)5-14-10/h2,4-5,7H,1,3,6H2. The van der Waals surface area contributed by atoms with E-state index in [0.29, 0.717) is 23.8 Å². The van der Waals surface area contributed by atoms with E-state index in [1.165, 1.54) is 0 Å². The van der Waals surface area contributed by atoms with Crippen molar-refractivity contribution in [1.29, 1.82) is 0 Å². The lowest BCUT2D eigenvalue weighted by Crippen LogP contribution is -2.25. The third-order valence-corrected chi connectivity index (χ3v) is 4.05. The zero-order chi connectivity index (χ0) is 11.7. The Morgan fingerprint density at radius 2 is 2.44 bits per heavy atom. The molecule has 1 fully saturated rings. The van der Waals surface area contributed by atoms with Gasteiger partial charge < -0.3 is 0 Å². The van der Waals surface area contributed by atoms with Crippen molar-refractivity contribution in [2.45, 2.75) is 6.42 Å². The summed E-state index contributed by atoms with van der Waals surface area (Å²) in [6.45, 7) is 4.36. The Balaban J connectivity index is 2.27. The number of pyridine rings is 1. The minimum absolute atomic E-state index is 0.0784. The van der Waals surface area contributed by atoms with Crippen LogP contribution in [0.25, 0.3) is 0 Å². The van der Waals surface area contributed by atoms with Gasteiger partial charge in [-0.25, -0.2) is 4.98 Å². The number of amides is 1. The summed E-state index contributed by atoms with van der Waals surface area (Å²) < 4.78 is 0.884. The van der Waals surface area contributed by atoms with Crippen LogP contribution in [-0.2, 0) is 4.79 Å². The van der Waals surface area contributed by atoms with Crippen LogP contribution < -0.4 is 4.90 Å². The average Bonchev–Trinajstić information content (AvgIpc) is 2.64. The molecule has 0 radical (unpaired) electrons. The molecule has 84 valence electrons. The van der Waals surface area contributed by atoms with Gasteiger partial charge in [-0.2, -0.15) is 0 Å². The van der Waals surface area contributed by atoms with Gasteiger partial charge in [-0.1, -0.05) is 17.7 Å². The molecule has 5 heteroatoms. The lowest BCUT2D eigenvalue weighted by Gasteiger charge is -2.15. The SMILES string of the molecule is C=CC1CC(=O)N(c2cc(Cl)c(I)cn2)C1. The van der Waals surface area contributed by atoms with E-state index in [4.69, 9.17) is 11.6 Å². The van der Waals surface area contributed by atoms with E-state index in [9.17, 15) is 4.79 Å². The minimum atomic E-state index is 0.0784. The summed E-state index contributed by atoms with van der Waals surface area (Å²) in [5.41, 5.74) is 0. The summed E-state index contributed by atoms with van der Waals surface area (Å²) in [6, 6.07) is 1.73. The molecule has 3 nitrogen and oxygen atoms in total. The molecular formula is C11H10ClIN2O. The van der Waals surface area contributed by atoms with E-state index in [1.807, 2.05) is 6.08 Å². The van der Waals surface area contributed by atoms with Gasteiger partial charge in [0.15, 0.2) is 0 Å². The topological polar surface area (TPSA) is 33.2 Å². The summed E-state index contributed by atoms with van der Waals surface area (Å²) in [6.07, 6.45) is 3.99. The molecule has 1 saturated heterocycles. The van der Waals surface area contributed by atoms with Crippen molar-refractivity contribution >= 4 is 45.9 Å². The van der Waals surface area contributed by atoms with Crippen LogP contribution in [0.1, 0.15) is 6.42 Å². The Morgan fingerprint density at radius 1 is 1.69 bits per heavy atom. The molecule has 1 unspecified atom stereocenters. The Bertz CT molecular complexity index is 450. The van der Waals surface area contributed by atoms with Crippen molar-refractivity contribution < 1.29 is 4.79 Å². The Hall–Kier alpha value is -0.620. The van der Waals surface area contributed by atoms with E-state index in [0.717, 1.165) is 3.57 Å². The zero-order valence-electron chi connectivity index (χ0n) is 8.49. The molecule has 2 rings (SSSR count). The average molecular weight is 349 g/mol. The highest BCUT2D eigenvalue weighted by atomic mass is 127. The smallest absolute Gasteiger partial charge is 0.228 e. The fourth-order valence-electron chi connectivity index (χ4n) is 1.67. The second kappa shape index (κ2) is 4.71. The molecule has 2 heterocycles. The number of carbonyl (C=O) groups excluding carboxylic acids is 1. The van der Waals surface area contributed by atoms with Crippen molar-refractivity contribution in [1.82, 2.24) is 4.98 Å². The second-order valence-corrected chi connectivity index (χ2v) is 5.23. The van der Waals surface area contributed by atoms with Gasteiger partial charge >= 0.3 is 0 Å². The normalized spacial score (nSPS) is 20.2. The summed E-state index contributed by atoms with van der Waals surface area (Å²) in [5, 5.41) is 0.625. The largest absolute Gasteiger partial charge is 0.296 e. The first-order valence-electron chi connectivity index (χ1n) is 4.85. The zero-order valence-corrected chi connectivity index (χ0v) is 11.4. The number of nitrogens with zero attached hydrogens (tertiary/aromatic N) is 2. The molecule has 1 aromatic heterocycles. The molecule has 0 aromatic carbocycles. The molecule has 0 spiro atoms. The molecule has 1 amide bonds. The van der Waals surface area contributed by atoms with Crippen LogP contribution in [0.4, 0.5) is 5.82 Å². The third-order valence-electron chi connectivity index (χ3n) is 2.56. The molecule has 1 aromatic rings. The van der Waals surface area contributed by atoms with Gasteiger partial charge in [-0.15, -0.1) is 6.58 Å². The molecular weight excluding hydrogens is 338 g/mol. The van der Waals surface area contributed by atoms with Crippen LogP contribution in [0, 0.1) is 9.49 Å². The molecule has 0 saturated carbocycles.